The maximum absolute atomic E-state index is 13.4. The van der Waals surface area contributed by atoms with E-state index in [2.05, 4.69) is 10.6 Å². The van der Waals surface area contributed by atoms with E-state index in [-0.39, 0.29) is 33.8 Å². The molecule has 0 radical (unpaired) electrons. The van der Waals surface area contributed by atoms with Crippen LogP contribution in [0.3, 0.4) is 0 Å². The van der Waals surface area contributed by atoms with Gasteiger partial charge in [0.1, 0.15) is 0 Å². The van der Waals surface area contributed by atoms with Gasteiger partial charge in [-0.25, -0.2) is 0 Å². The van der Waals surface area contributed by atoms with Gasteiger partial charge in [0.15, 0.2) is 34.6 Å². The standard InChI is InChI=1S/C32H26N2O8/c1-39-25-11-5-17(13-27(25)41-3)31(37)33-19-7-9-21-23(15-19)29(35)22-10-8-20(16-24(22)30(21)36)34-32(38)18-6-12-26(40-2)28(14-18)42-4/h5-16H,1-4H3,(H,33,37)(H,34,38). The molecule has 212 valence electrons. The van der Waals surface area contributed by atoms with Crippen LogP contribution in [0.1, 0.15) is 52.6 Å². The molecular formula is C32H26N2O8. The fourth-order valence-electron chi connectivity index (χ4n) is 4.67. The van der Waals surface area contributed by atoms with Crippen LogP contribution in [0, 0.1) is 0 Å². The van der Waals surface area contributed by atoms with E-state index >= 15 is 0 Å². The summed E-state index contributed by atoms with van der Waals surface area (Å²) in [4.78, 5) is 52.6. The van der Waals surface area contributed by atoms with Crippen molar-refractivity contribution in [1.82, 2.24) is 0 Å². The Hall–Kier alpha value is -5.64. The van der Waals surface area contributed by atoms with E-state index in [0.717, 1.165) is 0 Å². The predicted octanol–water partition coefficient (Wildman–Crippen LogP) is 5.00. The molecule has 42 heavy (non-hydrogen) atoms. The van der Waals surface area contributed by atoms with Crippen molar-refractivity contribution >= 4 is 34.8 Å². The molecule has 4 aromatic carbocycles. The molecule has 10 heteroatoms. The van der Waals surface area contributed by atoms with Gasteiger partial charge in [-0.3, -0.25) is 19.2 Å². The summed E-state index contributed by atoms with van der Waals surface area (Å²) in [5.74, 6) is 0.142. The van der Waals surface area contributed by atoms with Crippen molar-refractivity contribution in [3.05, 3.63) is 106 Å². The SMILES string of the molecule is COc1ccc(C(=O)Nc2ccc3c(c2)C(=O)c2ccc(NC(=O)c4ccc(OC)c(OC)c4)cc2C3=O)cc1OC. The second-order valence-corrected chi connectivity index (χ2v) is 9.23. The van der Waals surface area contributed by atoms with Crippen molar-refractivity contribution in [2.24, 2.45) is 0 Å². The highest BCUT2D eigenvalue weighted by atomic mass is 16.5. The molecule has 1 aliphatic rings. The van der Waals surface area contributed by atoms with Gasteiger partial charge in [-0.2, -0.15) is 0 Å². The topological polar surface area (TPSA) is 129 Å². The second kappa shape index (κ2) is 11.5. The van der Waals surface area contributed by atoms with Gasteiger partial charge in [0.25, 0.3) is 11.8 Å². The molecule has 0 saturated heterocycles. The molecule has 0 aromatic heterocycles. The summed E-state index contributed by atoms with van der Waals surface area (Å²) in [6.07, 6.45) is 0. The molecule has 0 unspecified atom stereocenters. The summed E-state index contributed by atoms with van der Waals surface area (Å²) in [6.45, 7) is 0. The van der Waals surface area contributed by atoms with E-state index in [4.69, 9.17) is 18.9 Å². The molecule has 0 aliphatic heterocycles. The maximum atomic E-state index is 13.4. The smallest absolute Gasteiger partial charge is 0.255 e. The van der Waals surface area contributed by atoms with Gasteiger partial charge in [0.05, 0.1) is 28.4 Å². The van der Waals surface area contributed by atoms with Crippen molar-refractivity contribution in [2.75, 3.05) is 39.1 Å². The van der Waals surface area contributed by atoms with E-state index < -0.39 is 11.8 Å². The molecule has 5 rings (SSSR count). The lowest BCUT2D eigenvalue weighted by Gasteiger charge is -2.19. The zero-order chi connectivity index (χ0) is 30.0. The van der Waals surface area contributed by atoms with Gasteiger partial charge in [0.2, 0.25) is 0 Å². The monoisotopic (exact) mass is 566 g/mol. The molecular weight excluding hydrogens is 540 g/mol. The number of ketones is 2. The molecule has 1 aliphatic carbocycles. The van der Waals surface area contributed by atoms with Gasteiger partial charge in [0, 0.05) is 44.8 Å². The van der Waals surface area contributed by atoms with Gasteiger partial charge < -0.3 is 29.6 Å². The number of carbonyl (C=O) groups excluding carboxylic acids is 4. The van der Waals surface area contributed by atoms with Gasteiger partial charge in [-0.15, -0.1) is 0 Å². The Labute approximate surface area is 241 Å². The Morgan fingerprint density at radius 2 is 0.857 bits per heavy atom. The number of ether oxygens (including phenoxy) is 4. The first kappa shape index (κ1) is 27.9. The minimum absolute atomic E-state index is 0.166. The first-order valence-corrected chi connectivity index (χ1v) is 12.7. The Morgan fingerprint density at radius 3 is 1.21 bits per heavy atom. The number of nitrogens with one attached hydrogen (secondary N) is 2. The van der Waals surface area contributed by atoms with Crippen LogP contribution in [0.25, 0.3) is 0 Å². The molecule has 0 atom stereocenters. The second-order valence-electron chi connectivity index (χ2n) is 9.23. The summed E-state index contributed by atoms with van der Waals surface area (Å²) in [7, 11) is 5.94. The largest absolute Gasteiger partial charge is 0.493 e. The summed E-state index contributed by atoms with van der Waals surface area (Å²) >= 11 is 0. The highest BCUT2D eigenvalue weighted by molar-refractivity contribution is 6.29. The van der Waals surface area contributed by atoms with Gasteiger partial charge in [-0.05, 0) is 72.8 Å². The van der Waals surface area contributed by atoms with Crippen LogP contribution in [0.5, 0.6) is 23.0 Å². The molecule has 0 bridgehead atoms. The van der Waals surface area contributed by atoms with Gasteiger partial charge in [-0.1, -0.05) is 0 Å². The number of carbonyl (C=O) groups is 4. The average molecular weight is 567 g/mol. The molecule has 0 spiro atoms. The summed E-state index contributed by atoms with van der Waals surface area (Å²) in [5, 5.41) is 5.51. The van der Waals surface area contributed by atoms with Crippen molar-refractivity contribution in [3.8, 4) is 23.0 Å². The Morgan fingerprint density at radius 1 is 0.476 bits per heavy atom. The van der Waals surface area contributed by atoms with E-state index in [9.17, 15) is 19.2 Å². The number of fused-ring (bicyclic) bond motifs is 2. The van der Waals surface area contributed by atoms with Crippen molar-refractivity contribution in [3.63, 3.8) is 0 Å². The lowest BCUT2D eigenvalue weighted by molar-refractivity contribution is 0.0979. The van der Waals surface area contributed by atoms with Crippen molar-refractivity contribution in [2.45, 2.75) is 0 Å². The molecule has 4 aromatic rings. The minimum atomic E-state index is -0.430. The normalized spacial score (nSPS) is 11.6. The van der Waals surface area contributed by atoms with Crippen LogP contribution in [0.15, 0.2) is 72.8 Å². The zero-order valence-electron chi connectivity index (χ0n) is 23.2. The first-order chi connectivity index (χ1) is 20.3. The third kappa shape index (κ3) is 5.13. The highest BCUT2D eigenvalue weighted by Crippen LogP contribution is 2.33. The number of methoxy groups -OCH3 is 4. The third-order valence-corrected chi connectivity index (χ3v) is 6.82. The molecule has 0 heterocycles. The number of rotatable bonds is 8. The maximum Gasteiger partial charge on any atom is 0.255 e. The van der Waals surface area contributed by atoms with E-state index in [1.807, 2.05) is 0 Å². The molecule has 10 nitrogen and oxygen atoms in total. The Balaban J connectivity index is 1.36. The predicted molar refractivity (Wildman–Crippen MR) is 155 cm³/mol. The zero-order valence-corrected chi connectivity index (χ0v) is 23.2. The number of hydrogen-bond acceptors (Lipinski definition) is 8. The van der Waals surface area contributed by atoms with Crippen molar-refractivity contribution < 1.29 is 38.1 Å². The van der Waals surface area contributed by atoms with E-state index in [1.54, 1.807) is 48.5 Å². The number of hydrogen-bond donors (Lipinski definition) is 2. The number of anilines is 2. The Bertz CT molecular complexity index is 1630. The van der Waals surface area contributed by atoms with Crippen LogP contribution in [0.4, 0.5) is 11.4 Å². The van der Waals surface area contributed by atoms with Gasteiger partial charge >= 0.3 is 0 Å². The van der Waals surface area contributed by atoms with Crippen molar-refractivity contribution in [1.29, 1.82) is 0 Å². The molecule has 0 fully saturated rings. The lowest BCUT2D eigenvalue weighted by Crippen LogP contribution is -2.22. The summed E-state index contributed by atoms with van der Waals surface area (Å²) in [5.41, 5.74) is 2.05. The molecule has 2 amide bonds. The fraction of sp³-hybridized carbons (Fsp3) is 0.125. The van der Waals surface area contributed by atoms with Crippen LogP contribution in [0.2, 0.25) is 0 Å². The van der Waals surface area contributed by atoms with E-state index in [0.29, 0.717) is 45.5 Å². The third-order valence-electron chi connectivity index (χ3n) is 6.82. The molecule has 2 N–H and O–H groups in total. The number of benzene rings is 4. The molecule has 0 saturated carbocycles. The summed E-state index contributed by atoms with van der Waals surface area (Å²) in [6, 6.07) is 18.5. The fourth-order valence-corrected chi connectivity index (χ4v) is 4.67. The first-order valence-electron chi connectivity index (χ1n) is 12.7. The van der Waals surface area contributed by atoms with E-state index in [1.165, 1.54) is 52.7 Å². The van der Waals surface area contributed by atoms with Crippen LogP contribution < -0.4 is 29.6 Å². The minimum Gasteiger partial charge on any atom is -0.493 e. The van der Waals surface area contributed by atoms with Crippen LogP contribution in [-0.4, -0.2) is 51.8 Å². The Kier molecular flexibility index (Phi) is 7.61. The quantitative estimate of drug-likeness (QED) is 0.269. The number of amides is 2. The summed E-state index contributed by atoms with van der Waals surface area (Å²) < 4.78 is 20.9. The van der Waals surface area contributed by atoms with Crippen LogP contribution in [-0.2, 0) is 0 Å². The highest BCUT2D eigenvalue weighted by Gasteiger charge is 2.30. The van der Waals surface area contributed by atoms with Crippen LogP contribution >= 0.6 is 0 Å². The average Bonchev–Trinajstić information content (AvgIpc) is 3.02. The lowest BCUT2D eigenvalue weighted by atomic mass is 9.83.